The monoisotopic (exact) mass is 343 g/mol. The number of carboxylic acid groups (broad SMARTS) is 1. The fourth-order valence-electron chi connectivity index (χ4n) is 2.60. The van der Waals surface area contributed by atoms with Gasteiger partial charge in [0.1, 0.15) is 13.2 Å². The maximum atomic E-state index is 12.6. The van der Waals surface area contributed by atoms with Crippen molar-refractivity contribution in [2.75, 3.05) is 25.6 Å². The molecule has 0 atom stereocenters. The number of aryl methyl sites for hydroxylation is 1. The van der Waals surface area contributed by atoms with E-state index >= 15 is 0 Å². The molecular weight excluding hydrogens is 326 g/mol. The number of anilines is 1. The van der Waals surface area contributed by atoms with Crippen LogP contribution in [0.25, 0.3) is 0 Å². The number of aromatic carboxylic acids is 1. The number of benzene rings is 2. The van der Waals surface area contributed by atoms with E-state index in [0.29, 0.717) is 36.0 Å². The summed E-state index contributed by atoms with van der Waals surface area (Å²) in [7, 11) is 1.47. The highest BCUT2D eigenvalue weighted by Crippen LogP contribution is 2.40. The zero-order valence-corrected chi connectivity index (χ0v) is 13.8. The number of amides is 1. The van der Waals surface area contributed by atoms with Gasteiger partial charge in [0.25, 0.3) is 5.91 Å². The Labute approximate surface area is 144 Å². The third-order valence-corrected chi connectivity index (χ3v) is 3.83. The summed E-state index contributed by atoms with van der Waals surface area (Å²) in [6.45, 7) is 2.51. The highest BCUT2D eigenvalue weighted by atomic mass is 16.6. The number of carbonyl (C=O) groups excluding carboxylic acids is 1. The van der Waals surface area contributed by atoms with Crippen molar-refractivity contribution in [1.29, 1.82) is 0 Å². The molecule has 7 heteroatoms. The van der Waals surface area contributed by atoms with Gasteiger partial charge in [-0.1, -0.05) is 12.1 Å². The fraction of sp³-hybridized carbons (Fsp3) is 0.222. The van der Waals surface area contributed by atoms with Crippen LogP contribution in [0.1, 0.15) is 26.3 Å². The summed E-state index contributed by atoms with van der Waals surface area (Å²) in [6.07, 6.45) is 0. The number of carboxylic acids is 1. The van der Waals surface area contributed by atoms with E-state index in [0.717, 1.165) is 0 Å². The molecule has 3 rings (SSSR count). The summed E-state index contributed by atoms with van der Waals surface area (Å²) in [5.41, 5.74) is 1.21. The maximum Gasteiger partial charge on any atom is 0.337 e. The molecule has 1 aliphatic rings. The maximum absolute atomic E-state index is 12.6. The van der Waals surface area contributed by atoms with Crippen LogP contribution < -0.4 is 19.5 Å². The van der Waals surface area contributed by atoms with Gasteiger partial charge < -0.3 is 24.6 Å². The van der Waals surface area contributed by atoms with Gasteiger partial charge in [-0.15, -0.1) is 0 Å². The van der Waals surface area contributed by atoms with Crippen molar-refractivity contribution in [3.63, 3.8) is 0 Å². The minimum atomic E-state index is -1.11. The van der Waals surface area contributed by atoms with Crippen molar-refractivity contribution in [2.45, 2.75) is 6.92 Å². The Hall–Kier alpha value is -3.22. The standard InChI is InChI=1S/C18H17NO6/c1-10-4-3-5-12(18(21)22)15(10)19-17(20)11-8-13(23-2)16-14(9-11)24-6-7-25-16/h3-5,8-9H,6-7H2,1-2H3,(H,19,20)(H,21,22). The highest BCUT2D eigenvalue weighted by Gasteiger charge is 2.22. The molecule has 2 aromatic rings. The molecule has 0 saturated heterocycles. The first-order chi connectivity index (χ1) is 12.0. The molecule has 0 unspecified atom stereocenters. The van der Waals surface area contributed by atoms with E-state index in [9.17, 15) is 14.7 Å². The largest absolute Gasteiger partial charge is 0.493 e. The Morgan fingerprint density at radius 1 is 1.20 bits per heavy atom. The average molecular weight is 343 g/mol. The number of nitrogens with one attached hydrogen (secondary N) is 1. The summed E-state index contributed by atoms with van der Waals surface area (Å²) in [6, 6.07) is 7.87. The third kappa shape index (κ3) is 3.21. The molecule has 130 valence electrons. The van der Waals surface area contributed by atoms with Crippen LogP contribution in [0.2, 0.25) is 0 Å². The first kappa shape index (κ1) is 16.6. The fourth-order valence-corrected chi connectivity index (χ4v) is 2.60. The summed E-state index contributed by atoms with van der Waals surface area (Å²) >= 11 is 0. The van der Waals surface area contributed by atoms with E-state index in [4.69, 9.17) is 14.2 Å². The second kappa shape index (κ2) is 6.72. The van der Waals surface area contributed by atoms with Gasteiger partial charge in [-0.25, -0.2) is 4.79 Å². The number of ether oxygens (including phenoxy) is 3. The Bertz CT molecular complexity index is 828. The van der Waals surface area contributed by atoms with Crippen LogP contribution in [0.15, 0.2) is 30.3 Å². The molecule has 1 heterocycles. The second-order valence-electron chi connectivity index (χ2n) is 5.46. The van der Waals surface area contributed by atoms with Gasteiger partial charge in [-0.3, -0.25) is 4.79 Å². The third-order valence-electron chi connectivity index (χ3n) is 3.83. The minimum Gasteiger partial charge on any atom is -0.493 e. The van der Waals surface area contributed by atoms with Crippen molar-refractivity contribution in [2.24, 2.45) is 0 Å². The van der Waals surface area contributed by atoms with Gasteiger partial charge in [-0.05, 0) is 30.7 Å². The topological polar surface area (TPSA) is 94.1 Å². The zero-order chi connectivity index (χ0) is 18.0. The van der Waals surface area contributed by atoms with Crippen molar-refractivity contribution >= 4 is 17.6 Å². The summed E-state index contributed by atoms with van der Waals surface area (Å²) in [4.78, 5) is 24.0. The predicted octanol–water partition coefficient (Wildman–Crippen LogP) is 2.73. The van der Waals surface area contributed by atoms with Gasteiger partial charge in [0.15, 0.2) is 11.5 Å². The van der Waals surface area contributed by atoms with Crippen LogP contribution in [-0.2, 0) is 0 Å². The van der Waals surface area contributed by atoms with E-state index < -0.39 is 11.9 Å². The molecule has 2 aromatic carbocycles. The molecule has 25 heavy (non-hydrogen) atoms. The predicted molar refractivity (Wildman–Crippen MR) is 90.1 cm³/mol. The Balaban J connectivity index is 1.96. The van der Waals surface area contributed by atoms with Gasteiger partial charge in [0.05, 0.1) is 18.4 Å². The lowest BCUT2D eigenvalue weighted by Gasteiger charge is -2.21. The number of hydrogen-bond donors (Lipinski definition) is 2. The lowest BCUT2D eigenvalue weighted by Crippen LogP contribution is -2.19. The normalized spacial score (nSPS) is 12.4. The lowest BCUT2D eigenvalue weighted by atomic mass is 10.1. The van der Waals surface area contributed by atoms with E-state index in [-0.39, 0.29) is 16.8 Å². The second-order valence-corrected chi connectivity index (χ2v) is 5.46. The number of fused-ring (bicyclic) bond motifs is 1. The molecule has 0 spiro atoms. The van der Waals surface area contributed by atoms with Crippen LogP contribution in [0.4, 0.5) is 5.69 Å². The van der Waals surface area contributed by atoms with E-state index in [1.165, 1.54) is 19.2 Å². The average Bonchev–Trinajstić information content (AvgIpc) is 2.62. The van der Waals surface area contributed by atoms with Crippen molar-refractivity contribution in [3.8, 4) is 17.2 Å². The summed E-state index contributed by atoms with van der Waals surface area (Å²) in [5, 5.41) is 12.0. The zero-order valence-electron chi connectivity index (χ0n) is 13.8. The molecule has 1 aliphatic heterocycles. The first-order valence-electron chi connectivity index (χ1n) is 7.63. The molecule has 0 radical (unpaired) electrons. The van der Waals surface area contributed by atoms with Crippen LogP contribution in [0.5, 0.6) is 17.2 Å². The van der Waals surface area contributed by atoms with E-state index in [2.05, 4.69) is 5.32 Å². The quantitative estimate of drug-likeness (QED) is 0.886. The molecule has 7 nitrogen and oxygen atoms in total. The van der Waals surface area contributed by atoms with Gasteiger partial charge in [-0.2, -0.15) is 0 Å². The van der Waals surface area contributed by atoms with E-state index in [1.807, 2.05) is 0 Å². The summed E-state index contributed by atoms with van der Waals surface area (Å²) in [5.74, 6) is -0.331. The van der Waals surface area contributed by atoms with Crippen LogP contribution in [0.3, 0.4) is 0 Å². The molecule has 0 saturated carbocycles. The summed E-state index contributed by atoms with van der Waals surface area (Å²) < 4.78 is 16.3. The minimum absolute atomic E-state index is 0.0258. The van der Waals surface area contributed by atoms with Crippen molar-refractivity contribution < 1.29 is 28.9 Å². The van der Waals surface area contributed by atoms with E-state index in [1.54, 1.807) is 25.1 Å². The molecule has 0 fully saturated rings. The first-order valence-corrected chi connectivity index (χ1v) is 7.63. The number of carbonyl (C=O) groups is 2. The Kier molecular flexibility index (Phi) is 4.47. The van der Waals surface area contributed by atoms with Crippen LogP contribution >= 0.6 is 0 Å². The molecule has 0 bridgehead atoms. The van der Waals surface area contributed by atoms with Crippen molar-refractivity contribution in [3.05, 3.63) is 47.0 Å². The molecule has 0 aliphatic carbocycles. The number of rotatable bonds is 4. The van der Waals surface area contributed by atoms with Gasteiger partial charge in [0, 0.05) is 5.56 Å². The molecule has 0 aromatic heterocycles. The number of para-hydroxylation sites is 1. The number of methoxy groups -OCH3 is 1. The number of hydrogen-bond acceptors (Lipinski definition) is 5. The smallest absolute Gasteiger partial charge is 0.337 e. The lowest BCUT2D eigenvalue weighted by molar-refractivity contribution is 0.0698. The Morgan fingerprint density at radius 2 is 1.96 bits per heavy atom. The molecule has 2 N–H and O–H groups in total. The highest BCUT2D eigenvalue weighted by molar-refractivity contribution is 6.08. The Morgan fingerprint density at radius 3 is 2.68 bits per heavy atom. The van der Waals surface area contributed by atoms with Gasteiger partial charge in [0.2, 0.25) is 5.75 Å². The van der Waals surface area contributed by atoms with Crippen LogP contribution in [0, 0.1) is 6.92 Å². The van der Waals surface area contributed by atoms with Crippen molar-refractivity contribution in [1.82, 2.24) is 0 Å². The molecule has 1 amide bonds. The van der Waals surface area contributed by atoms with Crippen LogP contribution in [-0.4, -0.2) is 37.3 Å². The SMILES string of the molecule is COc1cc(C(=O)Nc2c(C)cccc2C(=O)O)cc2c1OCCO2. The van der Waals surface area contributed by atoms with Gasteiger partial charge >= 0.3 is 5.97 Å². The molecular formula is C18H17NO6.